The zero-order valence-electron chi connectivity index (χ0n) is 14.2. The SMILES string of the molecule is O=C1Nc2cc(C(F)(F)F)ccc2Oc2ccc(-c3cccc([B]O)c3)cc21. The van der Waals surface area contributed by atoms with Crippen LogP contribution in [0.15, 0.2) is 60.7 Å². The van der Waals surface area contributed by atoms with Gasteiger partial charge in [-0.1, -0.05) is 35.8 Å². The van der Waals surface area contributed by atoms with Crippen molar-refractivity contribution >= 4 is 24.5 Å². The molecule has 1 aliphatic rings. The molecule has 3 aromatic rings. The predicted molar refractivity (Wildman–Crippen MR) is 99.0 cm³/mol. The maximum Gasteiger partial charge on any atom is 0.416 e. The highest BCUT2D eigenvalue weighted by Crippen LogP contribution is 2.40. The van der Waals surface area contributed by atoms with Gasteiger partial charge in [0.05, 0.1) is 16.8 Å². The molecule has 0 fully saturated rings. The average Bonchev–Trinajstić information content (AvgIpc) is 2.82. The fourth-order valence-corrected chi connectivity index (χ4v) is 2.98. The van der Waals surface area contributed by atoms with E-state index >= 15 is 0 Å². The van der Waals surface area contributed by atoms with E-state index in [0.717, 1.165) is 25.2 Å². The first-order valence-corrected chi connectivity index (χ1v) is 8.27. The van der Waals surface area contributed by atoms with E-state index in [4.69, 9.17) is 4.74 Å². The molecule has 0 aromatic heterocycles. The molecule has 8 heteroatoms. The van der Waals surface area contributed by atoms with Gasteiger partial charge in [0.25, 0.3) is 5.91 Å². The number of alkyl halides is 3. The molecule has 1 aliphatic heterocycles. The largest absolute Gasteiger partial charge is 0.454 e. The molecular weight excluding hydrogens is 370 g/mol. The van der Waals surface area contributed by atoms with Crippen molar-refractivity contribution in [2.45, 2.75) is 6.18 Å². The molecule has 0 spiro atoms. The summed E-state index contributed by atoms with van der Waals surface area (Å²) in [6.45, 7) is 0. The van der Waals surface area contributed by atoms with Crippen LogP contribution in [0.2, 0.25) is 0 Å². The molecule has 0 saturated heterocycles. The fourth-order valence-electron chi connectivity index (χ4n) is 2.98. The number of anilines is 1. The van der Waals surface area contributed by atoms with Crippen molar-refractivity contribution in [1.29, 1.82) is 0 Å². The number of amides is 1. The molecule has 28 heavy (non-hydrogen) atoms. The highest BCUT2D eigenvalue weighted by molar-refractivity contribution is 6.45. The molecule has 0 bridgehead atoms. The minimum absolute atomic E-state index is 0.0468. The van der Waals surface area contributed by atoms with Crippen LogP contribution in [0, 0.1) is 0 Å². The maximum atomic E-state index is 12.9. The normalized spacial score (nSPS) is 12.9. The summed E-state index contributed by atoms with van der Waals surface area (Å²) in [5, 5.41) is 11.7. The molecule has 2 N–H and O–H groups in total. The van der Waals surface area contributed by atoms with Crippen LogP contribution in [0.5, 0.6) is 11.5 Å². The average molecular weight is 382 g/mol. The zero-order valence-corrected chi connectivity index (χ0v) is 14.2. The Bertz CT molecular complexity index is 1080. The van der Waals surface area contributed by atoms with E-state index in [9.17, 15) is 23.0 Å². The Balaban J connectivity index is 1.74. The van der Waals surface area contributed by atoms with Crippen LogP contribution in [0.1, 0.15) is 15.9 Å². The maximum absolute atomic E-state index is 12.9. The van der Waals surface area contributed by atoms with E-state index in [1.165, 1.54) is 6.07 Å². The van der Waals surface area contributed by atoms with Crippen LogP contribution in [-0.2, 0) is 6.18 Å². The predicted octanol–water partition coefficient (Wildman–Crippen LogP) is 3.97. The zero-order chi connectivity index (χ0) is 19.9. The van der Waals surface area contributed by atoms with E-state index in [0.29, 0.717) is 11.0 Å². The molecule has 3 aromatic carbocycles. The molecule has 1 heterocycles. The van der Waals surface area contributed by atoms with Crippen molar-refractivity contribution in [3.63, 3.8) is 0 Å². The monoisotopic (exact) mass is 382 g/mol. The summed E-state index contributed by atoms with van der Waals surface area (Å²) in [6.07, 6.45) is -4.53. The Labute approximate surface area is 158 Å². The third-order valence-corrected chi connectivity index (χ3v) is 4.37. The summed E-state index contributed by atoms with van der Waals surface area (Å²) in [7, 11) is 0.970. The van der Waals surface area contributed by atoms with Gasteiger partial charge in [0.2, 0.25) is 0 Å². The second-order valence-corrected chi connectivity index (χ2v) is 6.23. The Hall–Kier alpha value is -3.26. The number of hydrogen-bond donors (Lipinski definition) is 2. The van der Waals surface area contributed by atoms with Gasteiger partial charge in [-0.05, 0) is 41.5 Å². The minimum atomic E-state index is -4.53. The highest BCUT2D eigenvalue weighted by atomic mass is 19.4. The van der Waals surface area contributed by atoms with E-state index in [2.05, 4.69) is 5.32 Å². The summed E-state index contributed by atoms with van der Waals surface area (Å²) in [4.78, 5) is 12.6. The van der Waals surface area contributed by atoms with Crippen LogP contribution in [0.25, 0.3) is 11.1 Å². The van der Waals surface area contributed by atoms with Crippen molar-refractivity contribution in [3.05, 3.63) is 71.8 Å². The van der Waals surface area contributed by atoms with Crippen molar-refractivity contribution in [1.82, 2.24) is 0 Å². The van der Waals surface area contributed by atoms with Crippen LogP contribution < -0.4 is 15.5 Å². The molecule has 1 amide bonds. The Morgan fingerprint density at radius 3 is 2.43 bits per heavy atom. The van der Waals surface area contributed by atoms with E-state index in [1.807, 2.05) is 6.07 Å². The number of nitrogens with one attached hydrogen (secondary N) is 1. The standard InChI is InChI=1S/C20H12BF3NO3/c22-20(23,24)13-5-7-18-16(10-13)25-19(26)15-9-12(4-6-17(15)28-18)11-2-1-3-14(8-11)21-27/h1-10,27H,(H,25,26). The van der Waals surface area contributed by atoms with E-state index < -0.39 is 17.6 Å². The van der Waals surface area contributed by atoms with Gasteiger partial charge in [0.1, 0.15) is 5.75 Å². The molecule has 0 aliphatic carbocycles. The van der Waals surface area contributed by atoms with Crippen molar-refractivity contribution in [3.8, 4) is 22.6 Å². The van der Waals surface area contributed by atoms with Crippen molar-refractivity contribution in [2.75, 3.05) is 5.32 Å². The van der Waals surface area contributed by atoms with Gasteiger partial charge in [-0.15, -0.1) is 0 Å². The summed E-state index contributed by atoms with van der Waals surface area (Å²) >= 11 is 0. The van der Waals surface area contributed by atoms with Gasteiger partial charge >= 0.3 is 13.7 Å². The lowest BCUT2D eigenvalue weighted by Gasteiger charge is -2.11. The third-order valence-electron chi connectivity index (χ3n) is 4.37. The van der Waals surface area contributed by atoms with E-state index in [-0.39, 0.29) is 22.7 Å². The lowest BCUT2D eigenvalue weighted by Crippen LogP contribution is -2.13. The molecule has 139 valence electrons. The van der Waals surface area contributed by atoms with E-state index in [1.54, 1.807) is 36.4 Å². The summed E-state index contributed by atoms with van der Waals surface area (Å²) in [5.41, 5.74) is 1.33. The lowest BCUT2D eigenvalue weighted by molar-refractivity contribution is -0.137. The third kappa shape index (κ3) is 3.34. The summed E-state index contributed by atoms with van der Waals surface area (Å²) < 4.78 is 44.5. The number of hydrogen-bond acceptors (Lipinski definition) is 3. The Morgan fingerprint density at radius 1 is 0.929 bits per heavy atom. The van der Waals surface area contributed by atoms with Crippen LogP contribution in [-0.4, -0.2) is 18.4 Å². The first-order chi connectivity index (χ1) is 13.3. The van der Waals surface area contributed by atoms with Crippen molar-refractivity contribution < 1.29 is 27.7 Å². The Kier molecular flexibility index (Phi) is 4.35. The number of fused-ring (bicyclic) bond motifs is 2. The second-order valence-electron chi connectivity index (χ2n) is 6.23. The molecular formula is C20H12BF3NO3. The molecule has 4 rings (SSSR count). The van der Waals surface area contributed by atoms with Gasteiger partial charge in [-0.25, -0.2) is 0 Å². The number of halogens is 3. The lowest BCUT2D eigenvalue weighted by atomic mass is 9.86. The first kappa shape index (κ1) is 18.1. The number of ether oxygens (including phenoxy) is 1. The first-order valence-electron chi connectivity index (χ1n) is 8.27. The van der Waals surface area contributed by atoms with Gasteiger partial charge in [-0.2, -0.15) is 13.2 Å². The van der Waals surface area contributed by atoms with Gasteiger partial charge in [0, 0.05) is 0 Å². The number of carbonyl (C=O) groups is 1. The fraction of sp³-hybridized carbons (Fsp3) is 0.0500. The molecule has 4 nitrogen and oxygen atoms in total. The Morgan fingerprint density at radius 2 is 1.68 bits per heavy atom. The molecule has 0 saturated carbocycles. The molecule has 0 atom stereocenters. The number of rotatable bonds is 2. The van der Waals surface area contributed by atoms with Gasteiger partial charge < -0.3 is 15.1 Å². The van der Waals surface area contributed by atoms with Crippen LogP contribution >= 0.6 is 0 Å². The molecule has 1 radical (unpaired) electrons. The van der Waals surface area contributed by atoms with Crippen LogP contribution in [0.4, 0.5) is 18.9 Å². The van der Waals surface area contributed by atoms with Crippen molar-refractivity contribution in [2.24, 2.45) is 0 Å². The summed E-state index contributed by atoms with van der Waals surface area (Å²) in [6, 6.07) is 14.9. The highest BCUT2D eigenvalue weighted by Gasteiger charge is 2.32. The molecule has 0 unspecified atom stereocenters. The van der Waals surface area contributed by atoms with Crippen LogP contribution in [0.3, 0.4) is 0 Å². The minimum Gasteiger partial charge on any atom is -0.454 e. The number of carbonyl (C=O) groups excluding carboxylic acids is 1. The van der Waals surface area contributed by atoms with Gasteiger partial charge in [-0.3, -0.25) is 4.79 Å². The summed E-state index contributed by atoms with van der Waals surface area (Å²) in [5.74, 6) is -0.200. The number of benzene rings is 3. The quantitative estimate of drug-likeness (QED) is 0.660. The smallest absolute Gasteiger partial charge is 0.416 e. The topological polar surface area (TPSA) is 58.6 Å². The van der Waals surface area contributed by atoms with Gasteiger partial charge in [0.15, 0.2) is 5.75 Å². The second kappa shape index (κ2) is 6.72.